The van der Waals surface area contributed by atoms with E-state index in [4.69, 9.17) is 0 Å². The molecule has 1 aliphatic rings. The minimum absolute atomic E-state index is 0.0374. The maximum absolute atomic E-state index is 14.1. The number of thiophene rings is 3. The fourth-order valence-electron chi connectivity index (χ4n) is 6.18. The van der Waals surface area contributed by atoms with E-state index in [1.165, 1.54) is 49.7 Å². The van der Waals surface area contributed by atoms with Gasteiger partial charge in [0.15, 0.2) is 11.6 Å². The number of rotatable bonds is 14. The van der Waals surface area contributed by atoms with Crippen molar-refractivity contribution in [2.75, 3.05) is 0 Å². The van der Waals surface area contributed by atoms with Crippen molar-refractivity contribution in [3.8, 4) is 19.5 Å². The van der Waals surface area contributed by atoms with Gasteiger partial charge in [0.1, 0.15) is 0 Å². The third-order valence-electron chi connectivity index (χ3n) is 8.84. The molecule has 0 N–H and O–H groups in total. The Hall–Kier alpha value is -1.38. The Kier molecular flexibility index (Phi) is 11.4. The van der Waals surface area contributed by atoms with Crippen LogP contribution in [0.15, 0.2) is 44.0 Å². The zero-order valence-electron chi connectivity index (χ0n) is 25.5. The lowest BCUT2D eigenvalue weighted by Crippen LogP contribution is -2.20. The third-order valence-corrected chi connectivity index (χ3v) is 14.3. The van der Waals surface area contributed by atoms with E-state index in [2.05, 4.69) is 71.7 Å². The molecular formula is C36H40Br2O2S3. The molecular weight excluding hydrogens is 720 g/mol. The van der Waals surface area contributed by atoms with E-state index in [9.17, 15) is 9.59 Å². The maximum Gasteiger partial charge on any atom is 0.196 e. The third kappa shape index (κ3) is 6.91. The zero-order chi connectivity index (χ0) is 30.7. The number of halogens is 2. The first kappa shape index (κ1) is 33.0. The molecule has 2 nitrogen and oxygen atoms in total. The second-order valence-electron chi connectivity index (χ2n) is 11.8. The van der Waals surface area contributed by atoms with Crippen molar-refractivity contribution in [3.63, 3.8) is 0 Å². The summed E-state index contributed by atoms with van der Waals surface area (Å²) in [4.78, 5) is 32.2. The van der Waals surface area contributed by atoms with Gasteiger partial charge >= 0.3 is 0 Å². The predicted octanol–water partition coefficient (Wildman–Crippen LogP) is 13.0. The highest BCUT2D eigenvalue weighted by Crippen LogP contribution is 2.51. The van der Waals surface area contributed by atoms with Crippen LogP contribution < -0.4 is 0 Å². The summed E-state index contributed by atoms with van der Waals surface area (Å²) < 4.78 is 2.27. The molecule has 228 valence electrons. The van der Waals surface area contributed by atoms with Crippen LogP contribution in [-0.4, -0.2) is 11.6 Å². The Morgan fingerprint density at radius 1 is 0.651 bits per heavy atom. The van der Waals surface area contributed by atoms with Crippen LogP contribution >= 0.6 is 65.9 Å². The van der Waals surface area contributed by atoms with E-state index >= 15 is 0 Å². The van der Waals surface area contributed by atoms with E-state index < -0.39 is 0 Å². The van der Waals surface area contributed by atoms with E-state index in [0.29, 0.717) is 34.1 Å². The number of hydrogen-bond donors (Lipinski definition) is 0. The Morgan fingerprint density at radius 3 is 1.44 bits per heavy atom. The first-order valence-electron chi connectivity index (χ1n) is 15.7. The number of fused-ring (bicyclic) bond motifs is 2. The van der Waals surface area contributed by atoms with Gasteiger partial charge in [0.05, 0.1) is 28.5 Å². The quantitative estimate of drug-likeness (QED) is 0.113. The van der Waals surface area contributed by atoms with Gasteiger partial charge in [-0.25, -0.2) is 0 Å². The minimum Gasteiger partial charge on any atom is -0.289 e. The topological polar surface area (TPSA) is 34.1 Å². The van der Waals surface area contributed by atoms with Gasteiger partial charge in [0, 0.05) is 20.9 Å². The average molecular weight is 761 g/mol. The van der Waals surface area contributed by atoms with Crippen LogP contribution in [0.1, 0.15) is 122 Å². The largest absolute Gasteiger partial charge is 0.289 e. The van der Waals surface area contributed by atoms with Crippen LogP contribution in [0.2, 0.25) is 0 Å². The monoisotopic (exact) mass is 758 g/mol. The van der Waals surface area contributed by atoms with E-state index in [-0.39, 0.29) is 11.6 Å². The number of ketones is 2. The number of benzene rings is 1. The fraction of sp³-hybridized carbons (Fsp3) is 0.444. The van der Waals surface area contributed by atoms with E-state index in [1.54, 1.807) is 46.1 Å². The molecule has 2 atom stereocenters. The van der Waals surface area contributed by atoms with Crippen molar-refractivity contribution >= 4 is 77.4 Å². The molecule has 1 aliphatic carbocycles. The molecule has 7 heteroatoms. The number of carbonyl (C=O) groups is 2. The van der Waals surface area contributed by atoms with Gasteiger partial charge in [-0.15, -0.1) is 34.0 Å². The molecule has 0 saturated carbocycles. The molecule has 3 aromatic heterocycles. The lowest BCUT2D eigenvalue weighted by atomic mass is 9.83. The summed E-state index contributed by atoms with van der Waals surface area (Å²) in [6.07, 6.45) is 11.8. The fourth-order valence-corrected chi connectivity index (χ4v) is 11.1. The molecule has 43 heavy (non-hydrogen) atoms. The number of hydrogen-bond acceptors (Lipinski definition) is 5. The van der Waals surface area contributed by atoms with Crippen LogP contribution in [0.5, 0.6) is 0 Å². The molecule has 0 radical (unpaired) electrons. The summed E-state index contributed by atoms with van der Waals surface area (Å²) >= 11 is 12.7. The summed E-state index contributed by atoms with van der Waals surface area (Å²) in [5.74, 6) is 1.22. The summed E-state index contributed by atoms with van der Waals surface area (Å²) in [5, 5.41) is 0. The molecule has 0 aliphatic heterocycles. The molecule has 0 bridgehead atoms. The minimum atomic E-state index is -0.0374. The van der Waals surface area contributed by atoms with Crippen molar-refractivity contribution in [1.82, 2.24) is 0 Å². The molecule has 3 heterocycles. The first-order valence-corrected chi connectivity index (χ1v) is 19.8. The highest BCUT2D eigenvalue weighted by atomic mass is 79.9. The second-order valence-corrected chi connectivity index (χ2v) is 17.5. The smallest absolute Gasteiger partial charge is 0.196 e. The summed E-state index contributed by atoms with van der Waals surface area (Å²) in [7, 11) is 0. The zero-order valence-corrected chi connectivity index (χ0v) is 31.1. The van der Waals surface area contributed by atoms with Gasteiger partial charge in [-0.3, -0.25) is 9.59 Å². The van der Waals surface area contributed by atoms with Crippen molar-refractivity contribution in [2.24, 2.45) is 11.8 Å². The summed E-state index contributed by atoms with van der Waals surface area (Å²) in [6.45, 7) is 9.07. The normalized spacial score (nSPS) is 14.2. The Bertz CT molecular complexity index is 1490. The van der Waals surface area contributed by atoms with Crippen LogP contribution in [-0.2, 0) is 12.8 Å². The average Bonchev–Trinajstić information content (AvgIpc) is 3.70. The highest BCUT2D eigenvalue weighted by Gasteiger charge is 2.37. The van der Waals surface area contributed by atoms with Crippen molar-refractivity contribution in [3.05, 3.63) is 77.4 Å². The van der Waals surface area contributed by atoms with Gasteiger partial charge in [-0.2, -0.15) is 0 Å². The molecule has 0 fully saturated rings. The lowest BCUT2D eigenvalue weighted by molar-refractivity contribution is 0.0981. The molecule has 5 rings (SSSR count). The Balaban J connectivity index is 1.60. The second kappa shape index (κ2) is 14.8. The lowest BCUT2D eigenvalue weighted by Gasteiger charge is -2.16. The molecule has 1 aromatic carbocycles. The molecule has 0 saturated heterocycles. The van der Waals surface area contributed by atoms with Crippen LogP contribution in [0.4, 0.5) is 0 Å². The van der Waals surface area contributed by atoms with Gasteiger partial charge in [-0.1, -0.05) is 103 Å². The predicted molar refractivity (Wildman–Crippen MR) is 194 cm³/mol. The summed E-state index contributed by atoms with van der Waals surface area (Å²) in [5.41, 5.74) is 4.81. The van der Waals surface area contributed by atoms with Gasteiger partial charge in [0.2, 0.25) is 0 Å². The van der Waals surface area contributed by atoms with Crippen LogP contribution in [0.25, 0.3) is 19.5 Å². The standard InChI is InChI=1S/C36H40Br2O2S3/c1-5-9-13-21(7-3)17-23-19-27(41-35(23)37)33-29-30(32(40)26-16-12-11-15-25(26)31(29)39)34(43-33)28-20-24(36(38)42-28)18-22(8-4)14-10-6-2/h11-12,15-16,19-22H,5-10,13-14,17-18H2,1-4H3. The first-order chi connectivity index (χ1) is 20.8. The molecule has 0 amide bonds. The molecule has 4 aromatic rings. The number of unbranched alkanes of at least 4 members (excludes halogenated alkanes) is 2. The van der Waals surface area contributed by atoms with Gasteiger partial charge in [-0.05, 0) is 79.8 Å². The van der Waals surface area contributed by atoms with E-state index in [0.717, 1.165) is 52.8 Å². The van der Waals surface area contributed by atoms with Crippen LogP contribution in [0.3, 0.4) is 0 Å². The van der Waals surface area contributed by atoms with E-state index in [1.807, 2.05) is 12.1 Å². The Morgan fingerprint density at radius 2 is 1.07 bits per heavy atom. The van der Waals surface area contributed by atoms with Crippen molar-refractivity contribution < 1.29 is 9.59 Å². The van der Waals surface area contributed by atoms with Crippen molar-refractivity contribution in [1.29, 1.82) is 0 Å². The number of carbonyl (C=O) groups excluding carboxylic acids is 2. The van der Waals surface area contributed by atoms with Gasteiger partial charge < -0.3 is 0 Å². The van der Waals surface area contributed by atoms with Crippen molar-refractivity contribution in [2.45, 2.75) is 91.9 Å². The SMILES string of the molecule is CCCCC(CC)Cc1cc(-c2sc(-c3cc(CC(CC)CCCC)c(Br)s3)c3c2C(=O)c2ccccc2C3=O)sc1Br. The molecule has 0 spiro atoms. The summed E-state index contributed by atoms with van der Waals surface area (Å²) in [6, 6.07) is 11.9. The Labute approximate surface area is 285 Å². The highest BCUT2D eigenvalue weighted by molar-refractivity contribution is 9.11. The van der Waals surface area contributed by atoms with Gasteiger partial charge in [0.25, 0.3) is 0 Å². The maximum atomic E-state index is 14.1. The van der Waals surface area contributed by atoms with Crippen LogP contribution in [0, 0.1) is 11.8 Å². The molecule has 2 unspecified atom stereocenters.